The van der Waals surface area contributed by atoms with Crippen LogP contribution in [0.1, 0.15) is 31.1 Å². The fourth-order valence-electron chi connectivity index (χ4n) is 2.46. The largest absolute Gasteiger partial charge is 0.475 e. The van der Waals surface area contributed by atoms with Crippen molar-refractivity contribution in [1.29, 1.82) is 0 Å². The maximum atomic E-state index is 12.2. The molecule has 2 rings (SSSR count). The first-order chi connectivity index (χ1) is 11.5. The molecule has 0 heterocycles. The molecule has 0 fully saturated rings. The minimum Gasteiger partial charge on any atom is -0.475 e. The van der Waals surface area contributed by atoms with Gasteiger partial charge in [0.05, 0.1) is 0 Å². The average Bonchev–Trinajstić information content (AvgIpc) is 2.57. The number of carbonyl (C=O) groups excluding carboxylic acids is 1. The molecule has 1 amide bonds. The Morgan fingerprint density at radius 3 is 2.42 bits per heavy atom. The molecule has 128 valence electrons. The van der Waals surface area contributed by atoms with Gasteiger partial charge in [-0.15, -0.1) is 0 Å². The number of hydrogen-bond donors (Lipinski definition) is 1. The second-order valence-corrected chi connectivity index (χ2v) is 6.67. The normalized spacial score (nSPS) is 12.0. The smallest absolute Gasteiger partial charge is 0.255 e. The summed E-state index contributed by atoms with van der Waals surface area (Å²) >= 11 is 2.20. The predicted octanol–water partition coefficient (Wildman–Crippen LogP) is 4.61. The fourth-order valence-corrected chi connectivity index (χ4v) is 3.00. The van der Waals surface area contributed by atoms with Crippen LogP contribution in [0, 0.1) is 3.57 Å². The third-order valence-corrected chi connectivity index (χ3v) is 4.50. The Morgan fingerprint density at radius 1 is 1.17 bits per heavy atom. The van der Waals surface area contributed by atoms with E-state index in [0.29, 0.717) is 5.56 Å². The van der Waals surface area contributed by atoms with Crippen LogP contribution in [0.15, 0.2) is 48.5 Å². The molecule has 1 unspecified atom stereocenters. The van der Waals surface area contributed by atoms with Crippen LogP contribution in [0.5, 0.6) is 5.75 Å². The van der Waals surface area contributed by atoms with E-state index in [1.165, 1.54) is 0 Å². The minimum atomic E-state index is -0.112. The molecule has 1 atom stereocenters. The van der Waals surface area contributed by atoms with Gasteiger partial charge < -0.3 is 10.1 Å². The molecule has 0 spiro atoms. The highest BCUT2D eigenvalue weighted by Crippen LogP contribution is 2.19. The van der Waals surface area contributed by atoms with Crippen LogP contribution in [0.25, 0.3) is 0 Å². The maximum Gasteiger partial charge on any atom is 0.255 e. The first-order valence-corrected chi connectivity index (χ1v) is 9.19. The molecule has 0 aliphatic carbocycles. The summed E-state index contributed by atoms with van der Waals surface area (Å²) in [6.45, 7) is 8.17. The molecule has 2 aromatic carbocycles. The SMILES string of the molecule is CCN(CC)C(C)Oc1ccc(NC(=O)c2cccc(I)c2)cc1. The van der Waals surface area contributed by atoms with Crippen LogP contribution < -0.4 is 10.1 Å². The Bertz CT molecular complexity index is 669. The molecule has 1 N–H and O–H groups in total. The number of amides is 1. The molecular formula is C19H23IN2O2. The molecular weight excluding hydrogens is 415 g/mol. The van der Waals surface area contributed by atoms with Gasteiger partial charge in [0.25, 0.3) is 5.91 Å². The zero-order valence-corrected chi connectivity index (χ0v) is 16.4. The number of hydrogen-bond acceptors (Lipinski definition) is 3. The van der Waals surface area contributed by atoms with Crippen molar-refractivity contribution in [2.24, 2.45) is 0 Å². The van der Waals surface area contributed by atoms with Crippen molar-refractivity contribution in [3.05, 3.63) is 57.7 Å². The zero-order chi connectivity index (χ0) is 17.5. The lowest BCUT2D eigenvalue weighted by molar-refractivity contribution is 0.0481. The summed E-state index contributed by atoms with van der Waals surface area (Å²) in [4.78, 5) is 14.5. The second kappa shape index (κ2) is 9.03. The van der Waals surface area contributed by atoms with E-state index in [9.17, 15) is 4.79 Å². The highest BCUT2D eigenvalue weighted by Gasteiger charge is 2.11. The van der Waals surface area contributed by atoms with Crippen molar-refractivity contribution in [2.45, 2.75) is 27.0 Å². The molecule has 2 aromatic rings. The standard InChI is InChI=1S/C19H23IN2O2/c1-4-22(5-2)14(3)24-18-11-9-17(10-12-18)21-19(23)15-7-6-8-16(20)13-15/h6-14H,4-5H2,1-3H3,(H,21,23). The Balaban J connectivity index is 1.98. The van der Waals surface area contributed by atoms with Crippen molar-refractivity contribution >= 4 is 34.2 Å². The lowest BCUT2D eigenvalue weighted by Crippen LogP contribution is -2.36. The molecule has 0 aliphatic heterocycles. The van der Waals surface area contributed by atoms with Gasteiger partial charge in [-0.25, -0.2) is 0 Å². The molecule has 4 nitrogen and oxygen atoms in total. The highest BCUT2D eigenvalue weighted by atomic mass is 127. The summed E-state index contributed by atoms with van der Waals surface area (Å²) in [6, 6.07) is 15.0. The molecule has 0 aliphatic rings. The van der Waals surface area contributed by atoms with Crippen molar-refractivity contribution in [2.75, 3.05) is 18.4 Å². The second-order valence-electron chi connectivity index (χ2n) is 5.43. The fraction of sp³-hybridized carbons (Fsp3) is 0.316. The Labute approximate surface area is 157 Å². The van der Waals surface area contributed by atoms with Crippen LogP contribution in [0.3, 0.4) is 0 Å². The third kappa shape index (κ3) is 5.21. The van der Waals surface area contributed by atoms with Gasteiger partial charge >= 0.3 is 0 Å². The molecule has 0 aromatic heterocycles. The number of anilines is 1. The van der Waals surface area contributed by atoms with Gasteiger partial charge in [-0.3, -0.25) is 9.69 Å². The van der Waals surface area contributed by atoms with Crippen LogP contribution in [-0.2, 0) is 0 Å². The predicted molar refractivity (Wildman–Crippen MR) is 107 cm³/mol. The lowest BCUT2D eigenvalue weighted by Gasteiger charge is -2.26. The number of benzene rings is 2. The quantitative estimate of drug-likeness (QED) is 0.507. The van der Waals surface area contributed by atoms with E-state index in [4.69, 9.17) is 4.74 Å². The summed E-state index contributed by atoms with van der Waals surface area (Å²) in [5, 5.41) is 2.90. The molecule has 0 saturated carbocycles. The summed E-state index contributed by atoms with van der Waals surface area (Å²) in [6.07, 6.45) is 0.0202. The third-order valence-electron chi connectivity index (χ3n) is 3.83. The summed E-state index contributed by atoms with van der Waals surface area (Å²) in [7, 11) is 0. The highest BCUT2D eigenvalue weighted by molar-refractivity contribution is 14.1. The lowest BCUT2D eigenvalue weighted by atomic mass is 10.2. The van der Waals surface area contributed by atoms with E-state index in [0.717, 1.165) is 28.1 Å². The Hall–Kier alpha value is -1.60. The molecule has 24 heavy (non-hydrogen) atoms. The Morgan fingerprint density at radius 2 is 1.83 bits per heavy atom. The Kier molecular flexibility index (Phi) is 7.05. The molecule has 0 saturated heterocycles. The van der Waals surface area contributed by atoms with Crippen LogP contribution >= 0.6 is 22.6 Å². The van der Waals surface area contributed by atoms with Gasteiger partial charge in [-0.2, -0.15) is 0 Å². The van der Waals surface area contributed by atoms with Crippen molar-refractivity contribution in [3.63, 3.8) is 0 Å². The van der Waals surface area contributed by atoms with Crippen molar-refractivity contribution < 1.29 is 9.53 Å². The van der Waals surface area contributed by atoms with E-state index >= 15 is 0 Å². The number of ether oxygens (including phenoxy) is 1. The molecule has 0 bridgehead atoms. The number of rotatable bonds is 7. The monoisotopic (exact) mass is 438 g/mol. The number of nitrogens with zero attached hydrogens (tertiary/aromatic N) is 1. The topological polar surface area (TPSA) is 41.6 Å². The molecule has 0 radical (unpaired) electrons. The van der Waals surface area contributed by atoms with Gasteiger partial charge in [-0.1, -0.05) is 19.9 Å². The molecule has 5 heteroatoms. The first kappa shape index (κ1) is 18.7. The van der Waals surface area contributed by atoms with E-state index in [-0.39, 0.29) is 12.1 Å². The summed E-state index contributed by atoms with van der Waals surface area (Å²) in [5.74, 6) is 0.681. The number of carbonyl (C=O) groups is 1. The van der Waals surface area contributed by atoms with E-state index in [1.807, 2.05) is 49.4 Å². The van der Waals surface area contributed by atoms with Crippen LogP contribution in [-0.4, -0.2) is 30.1 Å². The summed E-state index contributed by atoms with van der Waals surface area (Å²) in [5.41, 5.74) is 1.40. The van der Waals surface area contributed by atoms with Crippen LogP contribution in [0.2, 0.25) is 0 Å². The average molecular weight is 438 g/mol. The van der Waals surface area contributed by atoms with E-state index < -0.39 is 0 Å². The van der Waals surface area contributed by atoms with Gasteiger partial charge in [-0.05, 0) is 85.1 Å². The van der Waals surface area contributed by atoms with E-state index in [2.05, 4.69) is 46.7 Å². The summed E-state index contributed by atoms with van der Waals surface area (Å²) < 4.78 is 6.97. The zero-order valence-electron chi connectivity index (χ0n) is 14.3. The van der Waals surface area contributed by atoms with Crippen molar-refractivity contribution in [3.8, 4) is 5.75 Å². The van der Waals surface area contributed by atoms with Gasteiger partial charge in [0.2, 0.25) is 0 Å². The number of halogens is 1. The number of nitrogens with one attached hydrogen (secondary N) is 1. The minimum absolute atomic E-state index is 0.0202. The maximum absolute atomic E-state index is 12.2. The first-order valence-electron chi connectivity index (χ1n) is 8.11. The van der Waals surface area contributed by atoms with Gasteiger partial charge in [0, 0.05) is 14.8 Å². The van der Waals surface area contributed by atoms with Crippen LogP contribution in [0.4, 0.5) is 5.69 Å². The van der Waals surface area contributed by atoms with E-state index in [1.54, 1.807) is 6.07 Å². The van der Waals surface area contributed by atoms with Gasteiger partial charge in [0.1, 0.15) is 12.0 Å². The van der Waals surface area contributed by atoms with Crippen molar-refractivity contribution in [1.82, 2.24) is 4.90 Å². The van der Waals surface area contributed by atoms with Gasteiger partial charge in [0.15, 0.2) is 0 Å².